The highest BCUT2D eigenvalue weighted by atomic mass is 16.4. The molecule has 2 heterocycles. The van der Waals surface area contributed by atoms with Gasteiger partial charge in [-0.15, -0.1) is 0 Å². The van der Waals surface area contributed by atoms with E-state index in [0.717, 1.165) is 24.8 Å². The van der Waals surface area contributed by atoms with Gasteiger partial charge in [0.05, 0.1) is 25.1 Å². The number of hydrogen-bond donors (Lipinski definition) is 3. The number of hydrogen-bond acceptors (Lipinski definition) is 5. The predicted molar refractivity (Wildman–Crippen MR) is 117 cm³/mol. The first-order valence-corrected chi connectivity index (χ1v) is 10.9. The van der Waals surface area contributed by atoms with Crippen LogP contribution in [0.5, 0.6) is 0 Å². The molecular formula is C24H29N3O5. The van der Waals surface area contributed by atoms with E-state index in [1.807, 2.05) is 12.1 Å². The molecule has 0 spiro atoms. The molecule has 1 aliphatic rings. The van der Waals surface area contributed by atoms with Crippen molar-refractivity contribution >= 4 is 17.8 Å². The summed E-state index contributed by atoms with van der Waals surface area (Å²) in [5.41, 5.74) is 1.64. The number of aryl methyl sites for hydroxylation is 1. The van der Waals surface area contributed by atoms with Crippen molar-refractivity contribution in [3.8, 4) is 0 Å². The number of aromatic nitrogens is 1. The van der Waals surface area contributed by atoms with Gasteiger partial charge in [-0.2, -0.15) is 0 Å². The Bertz CT molecular complexity index is 906. The number of carbonyl (C=O) groups excluding carboxylic acids is 2. The van der Waals surface area contributed by atoms with Crippen LogP contribution in [0, 0.1) is 5.92 Å². The van der Waals surface area contributed by atoms with Gasteiger partial charge in [0.1, 0.15) is 0 Å². The van der Waals surface area contributed by atoms with Crippen molar-refractivity contribution < 1.29 is 24.6 Å². The minimum atomic E-state index is -1.17. The van der Waals surface area contributed by atoms with Crippen molar-refractivity contribution in [1.82, 2.24) is 15.2 Å². The van der Waals surface area contributed by atoms with Crippen LogP contribution >= 0.6 is 0 Å². The average molecular weight is 440 g/mol. The Morgan fingerprint density at radius 3 is 2.56 bits per heavy atom. The lowest BCUT2D eigenvalue weighted by Gasteiger charge is -2.32. The fourth-order valence-electron chi connectivity index (χ4n) is 4.07. The van der Waals surface area contributed by atoms with Crippen LogP contribution in [-0.4, -0.2) is 57.0 Å². The summed E-state index contributed by atoms with van der Waals surface area (Å²) in [6, 6.07) is 11.5. The Morgan fingerprint density at radius 2 is 1.88 bits per heavy atom. The van der Waals surface area contributed by atoms with E-state index >= 15 is 0 Å². The highest BCUT2D eigenvalue weighted by Gasteiger charge is 2.31. The molecule has 0 aliphatic carbocycles. The molecule has 1 aromatic heterocycles. The smallest absolute Gasteiger partial charge is 0.305 e. The molecule has 0 bridgehead atoms. The number of piperidine rings is 1. The summed E-state index contributed by atoms with van der Waals surface area (Å²) in [7, 11) is 0. The van der Waals surface area contributed by atoms with E-state index in [9.17, 15) is 24.6 Å². The van der Waals surface area contributed by atoms with Crippen LogP contribution in [0.2, 0.25) is 0 Å². The average Bonchev–Trinajstić information content (AvgIpc) is 2.79. The summed E-state index contributed by atoms with van der Waals surface area (Å²) in [6.07, 6.45) is 4.93. The summed E-state index contributed by atoms with van der Waals surface area (Å²) in [5.74, 6) is -1.81. The van der Waals surface area contributed by atoms with Crippen molar-refractivity contribution in [3.63, 3.8) is 0 Å². The monoisotopic (exact) mass is 439 g/mol. The molecule has 32 heavy (non-hydrogen) atoms. The Labute approximate surface area is 187 Å². The fourth-order valence-corrected chi connectivity index (χ4v) is 4.07. The molecule has 1 saturated heterocycles. The van der Waals surface area contributed by atoms with Crippen LogP contribution in [0.15, 0.2) is 54.9 Å². The van der Waals surface area contributed by atoms with Crippen LogP contribution in [0.1, 0.15) is 42.9 Å². The van der Waals surface area contributed by atoms with Gasteiger partial charge in [-0.25, -0.2) is 0 Å². The zero-order valence-electron chi connectivity index (χ0n) is 17.9. The molecule has 3 N–H and O–H groups in total. The molecule has 1 aromatic carbocycles. The number of nitrogens with zero attached hydrogens (tertiary/aromatic N) is 2. The summed E-state index contributed by atoms with van der Waals surface area (Å²) >= 11 is 0. The molecule has 3 unspecified atom stereocenters. The van der Waals surface area contributed by atoms with E-state index in [4.69, 9.17) is 0 Å². The normalized spacial score (nSPS) is 18.1. The highest BCUT2D eigenvalue weighted by Crippen LogP contribution is 2.23. The quantitative estimate of drug-likeness (QED) is 0.521. The van der Waals surface area contributed by atoms with Crippen LogP contribution in [0.4, 0.5) is 0 Å². The minimum Gasteiger partial charge on any atom is -0.481 e. The maximum atomic E-state index is 12.9. The number of carboxylic acids is 1. The van der Waals surface area contributed by atoms with Crippen molar-refractivity contribution in [2.45, 2.75) is 44.2 Å². The zero-order valence-corrected chi connectivity index (χ0v) is 17.9. The summed E-state index contributed by atoms with van der Waals surface area (Å²) in [6.45, 7) is 0.338. The largest absolute Gasteiger partial charge is 0.481 e. The molecule has 1 aliphatic heterocycles. The van der Waals surface area contributed by atoms with Crippen LogP contribution in [0.25, 0.3) is 0 Å². The van der Waals surface area contributed by atoms with E-state index in [1.165, 1.54) is 4.90 Å². The highest BCUT2D eigenvalue weighted by molar-refractivity contribution is 5.86. The fraction of sp³-hybridized carbons (Fsp3) is 0.417. The number of amides is 2. The zero-order chi connectivity index (χ0) is 22.9. The number of likely N-dealkylation sites (tertiary alicyclic amines) is 1. The Kier molecular flexibility index (Phi) is 8.33. The van der Waals surface area contributed by atoms with Gasteiger partial charge in [-0.05, 0) is 48.9 Å². The second-order valence-electron chi connectivity index (χ2n) is 8.12. The summed E-state index contributed by atoms with van der Waals surface area (Å²) < 4.78 is 0. The van der Waals surface area contributed by atoms with Crippen LogP contribution in [0.3, 0.4) is 0 Å². The van der Waals surface area contributed by atoms with Crippen molar-refractivity contribution in [1.29, 1.82) is 0 Å². The van der Waals surface area contributed by atoms with Gasteiger partial charge in [0.25, 0.3) is 0 Å². The molecule has 170 valence electrons. The van der Waals surface area contributed by atoms with E-state index in [0.29, 0.717) is 18.5 Å². The Balaban J connectivity index is 1.57. The van der Waals surface area contributed by atoms with Gasteiger partial charge in [0, 0.05) is 24.9 Å². The first-order chi connectivity index (χ1) is 15.4. The number of rotatable bonds is 10. The molecule has 0 saturated carbocycles. The van der Waals surface area contributed by atoms with E-state index in [2.05, 4.69) is 10.3 Å². The van der Waals surface area contributed by atoms with Crippen molar-refractivity contribution in [2.75, 3.05) is 13.1 Å². The SMILES string of the molecule is O=C(O)CC(NC(=O)CN1CCCC(CCc2ccncc2)C1=O)C(O)c1ccccc1. The first kappa shape index (κ1) is 23.4. The molecular weight excluding hydrogens is 410 g/mol. The van der Waals surface area contributed by atoms with Crippen LogP contribution < -0.4 is 5.32 Å². The summed E-state index contributed by atoms with van der Waals surface area (Å²) in [5, 5.41) is 22.4. The number of pyridine rings is 1. The predicted octanol–water partition coefficient (Wildman–Crippen LogP) is 1.95. The number of aliphatic carboxylic acids is 1. The third-order valence-corrected chi connectivity index (χ3v) is 5.77. The number of aliphatic hydroxyl groups excluding tert-OH is 1. The van der Waals surface area contributed by atoms with Gasteiger partial charge in [-0.3, -0.25) is 19.4 Å². The lowest BCUT2D eigenvalue weighted by molar-refractivity contribution is -0.143. The number of benzene rings is 1. The molecule has 2 amide bonds. The van der Waals surface area contributed by atoms with Gasteiger partial charge in [0.2, 0.25) is 11.8 Å². The standard InChI is InChI=1S/C24H29N3O5/c28-21(26-20(15-22(29)30)23(31)18-5-2-1-3-6-18)16-27-14-4-7-19(24(27)32)9-8-17-10-12-25-13-11-17/h1-3,5-6,10-13,19-20,23,31H,4,7-9,14-16H2,(H,26,28)(H,29,30). The molecule has 3 atom stereocenters. The molecule has 8 nitrogen and oxygen atoms in total. The maximum absolute atomic E-state index is 12.9. The van der Waals surface area contributed by atoms with Gasteiger partial charge in [0.15, 0.2) is 0 Å². The van der Waals surface area contributed by atoms with E-state index in [1.54, 1.807) is 42.7 Å². The number of carbonyl (C=O) groups is 3. The molecule has 0 radical (unpaired) electrons. The molecule has 3 rings (SSSR count). The second kappa shape index (κ2) is 11.4. The number of carboxylic acid groups (broad SMARTS) is 1. The summed E-state index contributed by atoms with van der Waals surface area (Å²) in [4.78, 5) is 42.3. The lowest BCUT2D eigenvalue weighted by atomic mass is 9.91. The molecule has 8 heteroatoms. The van der Waals surface area contributed by atoms with Crippen molar-refractivity contribution in [2.24, 2.45) is 5.92 Å². The Morgan fingerprint density at radius 1 is 1.16 bits per heavy atom. The second-order valence-corrected chi connectivity index (χ2v) is 8.12. The van der Waals surface area contributed by atoms with E-state index in [-0.39, 0.29) is 18.4 Å². The first-order valence-electron chi connectivity index (χ1n) is 10.9. The third-order valence-electron chi connectivity index (χ3n) is 5.77. The number of nitrogens with one attached hydrogen (secondary N) is 1. The minimum absolute atomic E-state index is 0.0566. The van der Waals surface area contributed by atoms with Gasteiger partial charge < -0.3 is 20.4 Å². The van der Waals surface area contributed by atoms with Gasteiger partial charge in [-0.1, -0.05) is 30.3 Å². The molecule has 2 aromatic rings. The molecule has 1 fully saturated rings. The number of aliphatic hydroxyl groups is 1. The van der Waals surface area contributed by atoms with Crippen LogP contribution in [-0.2, 0) is 20.8 Å². The lowest BCUT2D eigenvalue weighted by Crippen LogP contribution is -2.49. The maximum Gasteiger partial charge on any atom is 0.305 e. The topological polar surface area (TPSA) is 120 Å². The van der Waals surface area contributed by atoms with E-state index < -0.39 is 30.4 Å². The van der Waals surface area contributed by atoms with Gasteiger partial charge >= 0.3 is 5.97 Å². The van der Waals surface area contributed by atoms with Crippen molar-refractivity contribution in [3.05, 3.63) is 66.0 Å². The Hall–Kier alpha value is -3.26. The third kappa shape index (κ3) is 6.62.